The van der Waals surface area contributed by atoms with E-state index in [4.69, 9.17) is 18.0 Å². The van der Waals surface area contributed by atoms with Crippen LogP contribution in [0.3, 0.4) is 0 Å². The summed E-state index contributed by atoms with van der Waals surface area (Å²) in [6.07, 6.45) is 0.170. The predicted molar refractivity (Wildman–Crippen MR) is 77.6 cm³/mol. The zero-order chi connectivity index (χ0) is 15.7. The van der Waals surface area contributed by atoms with Crippen molar-refractivity contribution < 1.29 is 18.0 Å². The van der Waals surface area contributed by atoms with Crippen molar-refractivity contribution >= 4 is 23.1 Å². The number of halogens is 3. The van der Waals surface area contributed by atoms with Crippen LogP contribution in [0, 0.1) is 11.8 Å². The van der Waals surface area contributed by atoms with Gasteiger partial charge in [0.2, 0.25) is 5.91 Å². The van der Waals surface area contributed by atoms with Crippen LogP contribution in [-0.4, -0.2) is 22.6 Å². The van der Waals surface area contributed by atoms with Crippen LogP contribution >= 0.6 is 12.2 Å². The van der Waals surface area contributed by atoms with Crippen LogP contribution in [0.1, 0.15) is 51.4 Å². The topological polar surface area (TPSA) is 55.1 Å². The van der Waals surface area contributed by atoms with Gasteiger partial charge in [0.25, 0.3) is 0 Å². The van der Waals surface area contributed by atoms with Gasteiger partial charge in [-0.05, 0) is 25.7 Å². The first kappa shape index (κ1) is 16.5. The Morgan fingerprint density at radius 2 is 1.71 bits per heavy atom. The maximum Gasteiger partial charge on any atom is 0.392 e. The zero-order valence-electron chi connectivity index (χ0n) is 11.8. The molecule has 120 valence electrons. The summed E-state index contributed by atoms with van der Waals surface area (Å²) in [5.74, 6) is -3.09. The molecule has 0 aromatic rings. The molecule has 2 aliphatic carbocycles. The van der Waals surface area contributed by atoms with Crippen LogP contribution in [0.2, 0.25) is 0 Å². The number of hydrogen-bond acceptors (Lipinski definition) is 2. The Hall–Kier alpha value is -0.850. The third-order valence-corrected chi connectivity index (χ3v) is 5.21. The number of nitrogens with one attached hydrogen (secondary N) is 1. The van der Waals surface area contributed by atoms with Crippen molar-refractivity contribution in [1.82, 2.24) is 5.32 Å². The highest BCUT2D eigenvalue weighted by Gasteiger charge is 2.49. The van der Waals surface area contributed by atoms with E-state index < -0.39 is 29.5 Å². The van der Waals surface area contributed by atoms with Crippen molar-refractivity contribution in [3.8, 4) is 0 Å². The van der Waals surface area contributed by atoms with Gasteiger partial charge in [-0.25, -0.2) is 0 Å². The van der Waals surface area contributed by atoms with Crippen molar-refractivity contribution in [1.29, 1.82) is 0 Å². The van der Waals surface area contributed by atoms with Crippen molar-refractivity contribution in [3.05, 3.63) is 0 Å². The van der Waals surface area contributed by atoms with E-state index in [1.807, 2.05) is 0 Å². The van der Waals surface area contributed by atoms with Crippen molar-refractivity contribution in [2.75, 3.05) is 0 Å². The van der Waals surface area contributed by atoms with Crippen LogP contribution in [0.5, 0.6) is 0 Å². The molecule has 0 spiro atoms. The number of hydrogen-bond donors (Lipinski definition) is 2. The van der Waals surface area contributed by atoms with E-state index in [2.05, 4.69) is 5.32 Å². The summed E-state index contributed by atoms with van der Waals surface area (Å²) in [5.41, 5.74) is 4.95. The molecule has 0 heterocycles. The maximum absolute atomic E-state index is 13.1. The smallest absolute Gasteiger partial charge is 0.391 e. The van der Waals surface area contributed by atoms with Gasteiger partial charge in [-0.2, -0.15) is 13.2 Å². The predicted octanol–water partition coefficient (Wildman–Crippen LogP) is 3.07. The van der Waals surface area contributed by atoms with Gasteiger partial charge in [-0.3, -0.25) is 4.79 Å². The second-order valence-corrected chi connectivity index (χ2v) is 6.62. The van der Waals surface area contributed by atoms with E-state index in [9.17, 15) is 18.0 Å². The molecule has 0 radical (unpaired) electrons. The number of nitrogens with two attached hydrogens (primary N) is 1. The first-order valence-electron chi connectivity index (χ1n) is 7.45. The van der Waals surface area contributed by atoms with Gasteiger partial charge >= 0.3 is 6.18 Å². The first-order valence-corrected chi connectivity index (χ1v) is 7.86. The molecule has 0 aromatic carbocycles. The van der Waals surface area contributed by atoms with E-state index in [1.54, 1.807) is 0 Å². The van der Waals surface area contributed by atoms with Gasteiger partial charge in [-0.1, -0.05) is 37.9 Å². The molecule has 0 saturated heterocycles. The quantitative estimate of drug-likeness (QED) is 0.785. The lowest BCUT2D eigenvalue weighted by atomic mass is 9.77. The highest BCUT2D eigenvalue weighted by molar-refractivity contribution is 7.80. The number of carbonyl (C=O) groups excluding carboxylic acids is 1. The average Bonchev–Trinajstić information content (AvgIpc) is 2.87. The normalized spacial score (nSPS) is 29.1. The maximum atomic E-state index is 13.1. The van der Waals surface area contributed by atoms with Gasteiger partial charge < -0.3 is 11.1 Å². The molecular weight excluding hydrogens is 301 g/mol. The molecule has 0 bridgehead atoms. The van der Waals surface area contributed by atoms with E-state index in [-0.39, 0.29) is 17.8 Å². The molecule has 3 nitrogen and oxygen atoms in total. The van der Waals surface area contributed by atoms with E-state index in [1.165, 1.54) is 0 Å². The Morgan fingerprint density at radius 1 is 1.14 bits per heavy atom. The summed E-state index contributed by atoms with van der Waals surface area (Å²) < 4.78 is 39.3. The van der Waals surface area contributed by atoms with Crippen LogP contribution in [-0.2, 0) is 4.79 Å². The third-order valence-electron chi connectivity index (χ3n) is 4.81. The van der Waals surface area contributed by atoms with E-state index in [0.717, 1.165) is 12.8 Å². The summed E-state index contributed by atoms with van der Waals surface area (Å²) in [7, 11) is 0. The second kappa shape index (κ2) is 6.10. The SMILES string of the molecule is NC(=S)C1(NC(=O)C2CCCCC2C(F)(F)F)CCCC1. The molecule has 21 heavy (non-hydrogen) atoms. The lowest BCUT2D eigenvalue weighted by molar-refractivity contribution is -0.198. The first-order chi connectivity index (χ1) is 9.76. The summed E-state index contributed by atoms with van der Waals surface area (Å²) in [6.45, 7) is 0. The number of amides is 1. The Kier molecular flexibility index (Phi) is 4.80. The van der Waals surface area contributed by atoms with Gasteiger partial charge in [0.1, 0.15) is 0 Å². The summed E-state index contributed by atoms with van der Waals surface area (Å²) in [4.78, 5) is 12.6. The fraction of sp³-hybridized carbons (Fsp3) is 0.857. The Bertz CT molecular complexity index is 419. The molecule has 2 aliphatic rings. The average molecular weight is 322 g/mol. The zero-order valence-corrected chi connectivity index (χ0v) is 12.7. The van der Waals surface area contributed by atoms with Gasteiger partial charge in [0, 0.05) is 5.92 Å². The highest BCUT2D eigenvalue weighted by atomic mass is 32.1. The van der Waals surface area contributed by atoms with Gasteiger partial charge in [0.05, 0.1) is 16.4 Å². The second-order valence-electron chi connectivity index (χ2n) is 6.18. The Morgan fingerprint density at radius 3 is 2.24 bits per heavy atom. The van der Waals surface area contributed by atoms with E-state index >= 15 is 0 Å². The van der Waals surface area contributed by atoms with Crippen molar-refractivity contribution in [2.45, 2.75) is 63.1 Å². The molecule has 2 atom stereocenters. The lowest BCUT2D eigenvalue weighted by Gasteiger charge is -2.36. The largest absolute Gasteiger partial charge is 0.392 e. The van der Waals surface area contributed by atoms with Crippen molar-refractivity contribution in [2.24, 2.45) is 17.6 Å². The molecule has 1 amide bonds. The lowest BCUT2D eigenvalue weighted by Crippen LogP contribution is -2.57. The summed E-state index contributed by atoms with van der Waals surface area (Å²) in [5, 5.41) is 2.76. The van der Waals surface area contributed by atoms with Crippen LogP contribution < -0.4 is 11.1 Å². The van der Waals surface area contributed by atoms with Crippen LogP contribution in [0.15, 0.2) is 0 Å². The molecule has 2 fully saturated rings. The molecule has 2 rings (SSSR count). The molecule has 3 N–H and O–H groups in total. The van der Waals surface area contributed by atoms with Crippen LogP contribution in [0.4, 0.5) is 13.2 Å². The minimum absolute atomic E-state index is 0.0294. The fourth-order valence-electron chi connectivity index (χ4n) is 3.58. The van der Waals surface area contributed by atoms with Crippen molar-refractivity contribution in [3.63, 3.8) is 0 Å². The molecule has 0 aliphatic heterocycles. The highest BCUT2D eigenvalue weighted by Crippen LogP contribution is 2.42. The molecule has 2 saturated carbocycles. The minimum atomic E-state index is -4.32. The molecule has 2 unspecified atom stereocenters. The van der Waals surface area contributed by atoms with Gasteiger partial charge in [-0.15, -0.1) is 0 Å². The van der Waals surface area contributed by atoms with E-state index in [0.29, 0.717) is 25.7 Å². The molecular formula is C14H21F3N2OS. The summed E-state index contributed by atoms with van der Waals surface area (Å²) >= 11 is 5.03. The Balaban J connectivity index is 2.12. The number of thiocarbonyl (C=S) groups is 1. The van der Waals surface area contributed by atoms with Gasteiger partial charge in [0.15, 0.2) is 0 Å². The Labute approximate surface area is 127 Å². The third kappa shape index (κ3) is 3.49. The summed E-state index contributed by atoms with van der Waals surface area (Å²) in [6, 6.07) is 0. The van der Waals surface area contributed by atoms with Crippen LogP contribution in [0.25, 0.3) is 0 Å². The molecule has 0 aromatic heterocycles. The monoisotopic (exact) mass is 322 g/mol. The molecule has 7 heteroatoms. The number of rotatable bonds is 3. The fourth-order valence-corrected chi connectivity index (χ4v) is 3.83. The number of alkyl halides is 3. The minimum Gasteiger partial charge on any atom is -0.391 e. The standard InChI is InChI=1S/C14H21F3N2OS/c15-14(16,17)10-6-2-1-5-9(10)11(20)19-13(12(18)21)7-3-4-8-13/h9-10H,1-8H2,(H2,18,21)(H,19,20). The number of carbonyl (C=O) groups is 1.